The second-order valence-electron chi connectivity index (χ2n) is 6.28. The zero-order valence-electron chi connectivity index (χ0n) is 15.2. The molecule has 0 radical (unpaired) electrons. The molecule has 0 amide bonds. The van der Waals surface area contributed by atoms with Crippen LogP contribution in [-0.2, 0) is 6.42 Å². The van der Waals surface area contributed by atoms with Gasteiger partial charge in [-0.3, -0.25) is 4.99 Å². The van der Waals surface area contributed by atoms with E-state index in [9.17, 15) is 0 Å². The average Bonchev–Trinajstić information content (AvgIpc) is 2.82. The highest BCUT2D eigenvalue weighted by molar-refractivity contribution is 14.0. The number of benzene rings is 2. The number of aryl methyl sites for hydroxylation is 2. The van der Waals surface area contributed by atoms with Gasteiger partial charge in [0.2, 0.25) is 0 Å². The van der Waals surface area contributed by atoms with Gasteiger partial charge in [0.15, 0.2) is 17.5 Å². The van der Waals surface area contributed by atoms with E-state index in [0.29, 0.717) is 25.7 Å². The summed E-state index contributed by atoms with van der Waals surface area (Å²) in [6.07, 6.45) is 1.76. The summed E-state index contributed by atoms with van der Waals surface area (Å²) in [7, 11) is 0. The molecule has 0 aliphatic carbocycles. The Kier molecular flexibility index (Phi) is 7.56. The molecule has 140 valence electrons. The number of nitrogens with zero attached hydrogens (tertiary/aromatic N) is 1. The summed E-state index contributed by atoms with van der Waals surface area (Å²) < 4.78 is 11.3. The number of rotatable bonds is 4. The van der Waals surface area contributed by atoms with Crippen molar-refractivity contribution in [3.63, 3.8) is 0 Å². The third-order valence-corrected chi connectivity index (χ3v) is 4.18. The molecule has 0 bridgehead atoms. The summed E-state index contributed by atoms with van der Waals surface area (Å²) in [5.74, 6) is 1.92. The first-order valence-corrected chi connectivity index (χ1v) is 8.64. The van der Waals surface area contributed by atoms with E-state index in [1.165, 1.54) is 16.7 Å². The molecule has 1 aliphatic rings. The molecule has 0 aromatic heterocycles. The van der Waals surface area contributed by atoms with Crippen LogP contribution in [0, 0.1) is 13.8 Å². The number of hydrogen-bond acceptors (Lipinski definition) is 3. The molecule has 2 aromatic carbocycles. The van der Waals surface area contributed by atoms with Crippen molar-refractivity contribution in [1.82, 2.24) is 0 Å². The Hall–Kier alpha value is -1.96. The van der Waals surface area contributed by atoms with Crippen molar-refractivity contribution in [2.45, 2.75) is 26.7 Å². The van der Waals surface area contributed by atoms with E-state index in [2.05, 4.69) is 42.4 Å². The number of hydrogen-bond donors (Lipinski definition) is 2. The summed E-state index contributed by atoms with van der Waals surface area (Å²) >= 11 is 0. The maximum atomic E-state index is 6.01. The molecular formula is C20H26IN3O2. The largest absolute Gasteiger partial charge is 0.490 e. The van der Waals surface area contributed by atoms with Gasteiger partial charge in [-0.05, 0) is 43.5 Å². The van der Waals surface area contributed by atoms with Gasteiger partial charge in [0, 0.05) is 24.7 Å². The number of nitrogens with one attached hydrogen (secondary N) is 1. The van der Waals surface area contributed by atoms with Crippen molar-refractivity contribution in [3.05, 3.63) is 53.1 Å². The third-order valence-electron chi connectivity index (χ3n) is 4.18. The maximum Gasteiger partial charge on any atom is 0.193 e. The molecule has 1 heterocycles. The molecule has 0 spiro atoms. The van der Waals surface area contributed by atoms with Gasteiger partial charge in [-0.15, -0.1) is 24.0 Å². The normalized spacial score (nSPS) is 13.5. The van der Waals surface area contributed by atoms with E-state index in [1.54, 1.807) is 0 Å². The van der Waals surface area contributed by atoms with Crippen LogP contribution in [0.25, 0.3) is 0 Å². The lowest BCUT2D eigenvalue weighted by molar-refractivity contribution is 0.297. The van der Waals surface area contributed by atoms with Gasteiger partial charge in [0.05, 0.1) is 13.2 Å². The lowest BCUT2D eigenvalue weighted by Crippen LogP contribution is -2.23. The topological polar surface area (TPSA) is 68.9 Å². The van der Waals surface area contributed by atoms with Crippen LogP contribution in [0.1, 0.15) is 23.1 Å². The van der Waals surface area contributed by atoms with Crippen LogP contribution < -0.4 is 20.5 Å². The van der Waals surface area contributed by atoms with Crippen molar-refractivity contribution in [3.8, 4) is 11.5 Å². The predicted molar refractivity (Wildman–Crippen MR) is 117 cm³/mol. The maximum absolute atomic E-state index is 6.01. The van der Waals surface area contributed by atoms with E-state index in [1.807, 2.05) is 18.2 Å². The number of nitrogens with two attached hydrogens (primary N) is 1. The lowest BCUT2D eigenvalue weighted by atomic mass is 10.0. The SMILES string of the molecule is Cc1ccc(CCN=C(N)Nc2ccc3c(c2)OCCCO3)c(C)c1.I. The van der Waals surface area contributed by atoms with Crippen molar-refractivity contribution < 1.29 is 9.47 Å². The third kappa shape index (κ3) is 5.52. The summed E-state index contributed by atoms with van der Waals surface area (Å²) in [5, 5.41) is 3.11. The fourth-order valence-corrected chi connectivity index (χ4v) is 2.85. The van der Waals surface area contributed by atoms with Gasteiger partial charge in [0.1, 0.15) is 0 Å². The first kappa shape index (κ1) is 20.4. The van der Waals surface area contributed by atoms with Crippen LogP contribution in [-0.4, -0.2) is 25.7 Å². The van der Waals surface area contributed by atoms with Crippen LogP contribution in [0.2, 0.25) is 0 Å². The minimum atomic E-state index is 0. The number of anilines is 1. The van der Waals surface area contributed by atoms with E-state index in [-0.39, 0.29) is 24.0 Å². The number of ether oxygens (including phenoxy) is 2. The average molecular weight is 467 g/mol. The van der Waals surface area contributed by atoms with Gasteiger partial charge < -0.3 is 20.5 Å². The Balaban J connectivity index is 0.00000243. The smallest absolute Gasteiger partial charge is 0.193 e. The van der Waals surface area contributed by atoms with E-state index < -0.39 is 0 Å². The Morgan fingerprint density at radius 3 is 2.62 bits per heavy atom. The van der Waals surface area contributed by atoms with Gasteiger partial charge in [0.25, 0.3) is 0 Å². The Bertz CT molecular complexity index is 778. The lowest BCUT2D eigenvalue weighted by Gasteiger charge is -2.11. The zero-order valence-corrected chi connectivity index (χ0v) is 17.6. The summed E-state index contributed by atoms with van der Waals surface area (Å²) in [4.78, 5) is 4.42. The van der Waals surface area contributed by atoms with Crippen LogP contribution in [0.3, 0.4) is 0 Å². The first-order chi connectivity index (χ1) is 12.1. The van der Waals surface area contributed by atoms with E-state index in [4.69, 9.17) is 15.2 Å². The van der Waals surface area contributed by atoms with Crippen LogP contribution >= 0.6 is 24.0 Å². The number of aliphatic imine (C=N–C) groups is 1. The molecule has 26 heavy (non-hydrogen) atoms. The van der Waals surface area contributed by atoms with Crippen LogP contribution in [0.15, 0.2) is 41.4 Å². The number of guanidine groups is 1. The monoisotopic (exact) mass is 467 g/mol. The molecule has 6 heteroatoms. The van der Waals surface area contributed by atoms with E-state index in [0.717, 1.165) is 30.0 Å². The summed E-state index contributed by atoms with van der Waals surface area (Å²) in [5.41, 5.74) is 10.7. The molecule has 2 aromatic rings. The Labute approximate surface area is 172 Å². The Morgan fingerprint density at radius 2 is 1.85 bits per heavy atom. The number of fused-ring (bicyclic) bond motifs is 1. The van der Waals surface area contributed by atoms with Crippen molar-refractivity contribution in [1.29, 1.82) is 0 Å². The molecule has 1 aliphatic heterocycles. The molecule has 3 rings (SSSR count). The van der Waals surface area contributed by atoms with Crippen LogP contribution in [0.5, 0.6) is 11.5 Å². The predicted octanol–water partition coefficient (Wildman–Crippen LogP) is 4.05. The highest BCUT2D eigenvalue weighted by atomic mass is 127. The number of halogens is 1. The minimum Gasteiger partial charge on any atom is -0.490 e. The standard InChI is InChI=1S/C20H25N3O2.HI/c1-14-4-5-16(15(2)12-14)8-9-22-20(21)23-17-6-7-18-19(13-17)25-11-3-10-24-18;/h4-7,12-13H,3,8-11H2,1-2H3,(H3,21,22,23);1H. The Morgan fingerprint density at radius 1 is 1.08 bits per heavy atom. The fourth-order valence-electron chi connectivity index (χ4n) is 2.85. The van der Waals surface area contributed by atoms with Crippen molar-refractivity contribution >= 4 is 35.6 Å². The molecule has 5 nitrogen and oxygen atoms in total. The summed E-state index contributed by atoms with van der Waals surface area (Å²) in [6.45, 7) is 6.22. The highest BCUT2D eigenvalue weighted by Gasteiger charge is 2.10. The van der Waals surface area contributed by atoms with Gasteiger partial charge in [-0.1, -0.05) is 23.8 Å². The molecule has 0 unspecified atom stereocenters. The van der Waals surface area contributed by atoms with Crippen LogP contribution in [0.4, 0.5) is 5.69 Å². The van der Waals surface area contributed by atoms with Gasteiger partial charge in [-0.25, -0.2) is 0 Å². The molecular weight excluding hydrogens is 441 g/mol. The fraction of sp³-hybridized carbons (Fsp3) is 0.350. The van der Waals surface area contributed by atoms with Crippen molar-refractivity contribution in [2.24, 2.45) is 10.7 Å². The molecule has 0 saturated heterocycles. The van der Waals surface area contributed by atoms with Crippen molar-refractivity contribution in [2.75, 3.05) is 25.1 Å². The van der Waals surface area contributed by atoms with E-state index >= 15 is 0 Å². The highest BCUT2D eigenvalue weighted by Crippen LogP contribution is 2.32. The second-order valence-corrected chi connectivity index (χ2v) is 6.28. The summed E-state index contributed by atoms with van der Waals surface area (Å²) in [6, 6.07) is 12.2. The quantitative estimate of drug-likeness (QED) is 0.405. The molecule has 0 fully saturated rings. The van der Waals surface area contributed by atoms with Gasteiger partial charge in [-0.2, -0.15) is 0 Å². The molecule has 0 saturated carbocycles. The zero-order chi connectivity index (χ0) is 17.6. The second kappa shape index (κ2) is 9.66. The molecule has 0 atom stereocenters. The minimum absolute atomic E-state index is 0. The van der Waals surface area contributed by atoms with Gasteiger partial charge >= 0.3 is 0 Å². The molecule has 3 N–H and O–H groups in total. The first-order valence-electron chi connectivity index (χ1n) is 8.64.